The van der Waals surface area contributed by atoms with Crippen LogP contribution in [0, 0.1) is 11.3 Å². The average molecular weight is 593 g/mol. The van der Waals surface area contributed by atoms with Gasteiger partial charge in [0, 0.05) is 5.92 Å². The number of benzene rings is 2. The van der Waals surface area contributed by atoms with Crippen molar-refractivity contribution in [1.82, 2.24) is 10.6 Å². The van der Waals surface area contributed by atoms with Crippen LogP contribution >= 0.6 is 0 Å². The fraction of sp³-hybridized carbons (Fsp3) is 0.595. The SMILES string of the molecule is CCCCCCCCCC[C@H](CC(=O)OC(C)(C)C)C(=O)N[C@H](C(=O)NC(c1ccccc1)c1ccccc1)C(C)(C)C. The highest BCUT2D eigenvalue weighted by Gasteiger charge is 2.36. The molecule has 0 fully saturated rings. The third kappa shape index (κ3) is 13.8. The Kier molecular flexibility index (Phi) is 15.0. The zero-order chi connectivity index (χ0) is 31.9. The zero-order valence-corrected chi connectivity index (χ0v) is 27.7. The first-order chi connectivity index (χ1) is 20.3. The maximum Gasteiger partial charge on any atom is 0.307 e. The molecule has 43 heavy (non-hydrogen) atoms. The van der Waals surface area contributed by atoms with Gasteiger partial charge in [-0.3, -0.25) is 14.4 Å². The molecule has 0 unspecified atom stereocenters. The third-order valence-electron chi connectivity index (χ3n) is 7.58. The molecule has 0 radical (unpaired) electrons. The lowest BCUT2D eigenvalue weighted by Crippen LogP contribution is -2.55. The number of unbranched alkanes of at least 4 members (excludes halogenated alkanes) is 7. The van der Waals surface area contributed by atoms with E-state index in [0.29, 0.717) is 6.42 Å². The topological polar surface area (TPSA) is 84.5 Å². The van der Waals surface area contributed by atoms with Crippen LogP contribution in [0.25, 0.3) is 0 Å². The van der Waals surface area contributed by atoms with Gasteiger partial charge in [-0.25, -0.2) is 0 Å². The molecule has 0 heterocycles. The van der Waals surface area contributed by atoms with Crippen LogP contribution in [0.1, 0.15) is 130 Å². The Balaban J connectivity index is 2.18. The summed E-state index contributed by atoms with van der Waals surface area (Å²) < 4.78 is 5.57. The average Bonchev–Trinajstić information content (AvgIpc) is 2.94. The van der Waals surface area contributed by atoms with E-state index in [0.717, 1.165) is 30.4 Å². The minimum absolute atomic E-state index is 0.00522. The van der Waals surface area contributed by atoms with Gasteiger partial charge in [-0.1, -0.05) is 140 Å². The highest BCUT2D eigenvalue weighted by molar-refractivity contribution is 5.91. The standard InChI is InChI=1S/C37H56N2O4/c1-8-9-10-11-12-13-14-17-26-30(27-31(40)43-37(5,6)7)34(41)39-33(36(2,3)4)35(42)38-32(28-22-18-15-19-23-28)29-24-20-16-21-25-29/h15-16,18-25,30,32-33H,8-14,17,26-27H2,1-7H3,(H,38,42)(H,39,41)/t30-,33-/m1/s1. The number of hydrogen-bond acceptors (Lipinski definition) is 4. The van der Waals surface area contributed by atoms with Gasteiger partial charge in [-0.15, -0.1) is 0 Å². The summed E-state index contributed by atoms with van der Waals surface area (Å²) in [5, 5.41) is 6.26. The Bertz CT molecular complexity index is 1060. The van der Waals surface area contributed by atoms with Gasteiger partial charge in [0.1, 0.15) is 11.6 Å². The number of carbonyl (C=O) groups excluding carboxylic acids is 3. The summed E-state index contributed by atoms with van der Waals surface area (Å²) in [5.41, 5.74) is 0.720. The van der Waals surface area contributed by atoms with Crippen LogP contribution in [0.3, 0.4) is 0 Å². The summed E-state index contributed by atoms with van der Waals surface area (Å²) in [4.78, 5) is 40.5. The molecule has 238 valence electrons. The number of nitrogens with one attached hydrogen (secondary N) is 2. The number of rotatable bonds is 17. The van der Waals surface area contributed by atoms with E-state index in [2.05, 4.69) is 17.6 Å². The van der Waals surface area contributed by atoms with Crippen LogP contribution in [0.15, 0.2) is 60.7 Å². The highest BCUT2D eigenvalue weighted by Crippen LogP contribution is 2.26. The van der Waals surface area contributed by atoms with Crippen molar-refractivity contribution in [2.24, 2.45) is 11.3 Å². The second kappa shape index (κ2) is 17.8. The van der Waals surface area contributed by atoms with Gasteiger partial charge in [0.25, 0.3) is 0 Å². The smallest absolute Gasteiger partial charge is 0.307 e. The molecule has 0 spiro atoms. The molecular formula is C37H56N2O4. The molecular weight excluding hydrogens is 536 g/mol. The molecule has 0 aliphatic carbocycles. The first kappa shape index (κ1) is 36.0. The zero-order valence-electron chi connectivity index (χ0n) is 27.7. The van der Waals surface area contributed by atoms with Gasteiger partial charge in [-0.05, 0) is 43.7 Å². The molecule has 6 nitrogen and oxygen atoms in total. The second-order valence-electron chi connectivity index (χ2n) is 13.8. The lowest BCUT2D eigenvalue weighted by molar-refractivity contribution is -0.157. The van der Waals surface area contributed by atoms with Gasteiger partial charge in [0.2, 0.25) is 11.8 Å². The Morgan fingerprint density at radius 1 is 0.674 bits per heavy atom. The van der Waals surface area contributed by atoms with Gasteiger partial charge in [0.05, 0.1) is 12.5 Å². The fourth-order valence-electron chi connectivity index (χ4n) is 5.25. The summed E-state index contributed by atoms with van der Waals surface area (Å²) in [6.45, 7) is 13.5. The van der Waals surface area contributed by atoms with E-state index in [1.807, 2.05) is 102 Å². The van der Waals surface area contributed by atoms with Crippen molar-refractivity contribution >= 4 is 17.8 Å². The predicted octanol–water partition coefficient (Wildman–Crippen LogP) is 8.30. The molecule has 0 aromatic heterocycles. The van der Waals surface area contributed by atoms with E-state index >= 15 is 0 Å². The molecule has 2 atom stereocenters. The predicted molar refractivity (Wildman–Crippen MR) is 175 cm³/mol. The molecule has 2 rings (SSSR count). The van der Waals surface area contributed by atoms with Crippen LogP contribution in [0.5, 0.6) is 0 Å². The fourth-order valence-corrected chi connectivity index (χ4v) is 5.25. The molecule has 0 saturated carbocycles. The molecule has 6 heteroatoms. The molecule has 2 aromatic rings. The van der Waals surface area contributed by atoms with Crippen molar-refractivity contribution in [2.75, 3.05) is 0 Å². The third-order valence-corrected chi connectivity index (χ3v) is 7.58. The number of esters is 1. The Hall–Kier alpha value is -3.15. The molecule has 2 aromatic carbocycles. The monoisotopic (exact) mass is 592 g/mol. The van der Waals surface area contributed by atoms with Gasteiger partial charge in [-0.2, -0.15) is 0 Å². The van der Waals surface area contributed by atoms with Gasteiger partial charge in [0.15, 0.2) is 0 Å². The number of hydrogen-bond donors (Lipinski definition) is 2. The van der Waals surface area contributed by atoms with E-state index in [1.165, 1.54) is 32.1 Å². The quantitative estimate of drug-likeness (QED) is 0.143. The Labute approximate surface area is 260 Å². The van der Waals surface area contributed by atoms with Crippen molar-refractivity contribution in [1.29, 1.82) is 0 Å². The van der Waals surface area contributed by atoms with E-state index in [9.17, 15) is 14.4 Å². The maximum absolute atomic E-state index is 13.9. The molecule has 0 bridgehead atoms. The first-order valence-electron chi connectivity index (χ1n) is 16.2. The van der Waals surface area contributed by atoms with Crippen LogP contribution in [-0.2, 0) is 19.1 Å². The molecule has 0 aliphatic rings. The van der Waals surface area contributed by atoms with Crippen molar-refractivity contribution in [3.05, 3.63) is 71.8 Å². The van der Waals surface area contributed by atoms with Crippen LogP contribution < -0.4 is 10.6 Å². The summed E-state index contributed by atoms with van der Waals surface area (Å²) in [6.07, 6.45) is 9.78. The van der Waals surface area contributed by atoms with E-state index in [4.69, 9.17) is 4.74 Å². The van der Waals surface area contributed by atoms with Crippen LogP contribution in [0.2, 0.25) is 0 Å². The van der Waals surface area contributed by atoms with Crippen molar-refractivity contribution in [2.45, 2.75) is 130 Å². The minimum Gasteiger partial charge on any atom is -0.460 e. The molecule has 0 aliphatic heterocycles. The largest absolute Gasteiger partial charge is 0.460 e. The summed E-state index contributed by atoms with van der Waals surface area (Å²) >= 11 is 0. The Morgan fingerprint density at radius 2 is 1.16 bits per heavy atom. The number of ether oxygens (including phenoxy) is 1. The number of carbonyl (C=O) groups is 3. The minimum atomic E-state index is -0.797. The maximum atomic E-state index is 13.9. The van der Waals surface area contributed by atoms with E-state index < -0.39 is 28.9 Å². The Morgan fingerprint density at radius 3 is 1.63 bits per heavy atom. The van der Waals surface area contributed by atoms with Gasteiger partial charge < -0.3 is 15.4 Å². The lowest BCUT2D eigenvalue weighted by Gasteiger charge is -2.33. The van der Waals surface area contributed by atoms with E-state index in [1.54, 1.807) is 0 Å². The molecule has 0 saturated heterocycles. The van der Waals surface area contributed by atoms with Crippen molar-refractivity contribution in [3.63, 3.8) is 0 Å². The second-order valence-corrected chi connectivity index (χ2v) is 13.8. The number of amides is 2. The van der Waals surface area contributed by atoms with Crippen LogP contribution in [0.4, 0.5) is 0 Å². The van der Waals surface area contributed by atoms with Crippen LogP contribution in [-0.4, -0.2) is 29.4 Å². The van der Waals surface area contributed by atoms with Crippen molar-refractivity contribution in [3.8, 4) is 0 Å². The molecule has 2 amide bonds. The normalized spacial score (nSPS) is 13.3. The summed E-state index contributed by atoms with van der Waals surface area (Å²) in [5.74, 6) is -1.50. The van der Waals surface area contributed by atoms with Crippen molar-refractivity contribution < 1.29 is 19.1 Å². The lowest BCUT2D eigenvalue weighted by atomic mass is 9.84. The van der Waals surface area contributed by atoms with E-state index in [-0.39, 0.29) is 24.3 Å². The summed E-state index contributed by atoms with van der Waals surface area (Å²) in [6, 6.07) is 18.5. The first-order valence-corrected chi connectivity index (χ1v) is 16.2. The van der Waals surface area contributed by atoms with Gasteiger partial charge >= 0.3 is 5.97 Å². The summed E-state index contributed by atoms with van der Waals surface area (Å²) in [7, 11) is 0. The highest BCUT2D eigenvalue weighted by atomic mass is 16.6. The molecule has 2 N–H and O–H groups in total.